The van der Waals surface area contributed by atoms with Crippen molar-refractivity contribution in [1.29, 1.82) is 0 Å². The Kier molecular flexibility index (Phi) is 3.31. The molecule has 0 bridgehead atoms. The van der Waals surface area contributed by atoms with Crippen LogP contribution in [0.1, 0.15) is 38.5 Å². The van der Waals surface area contributed by atoms with Gasteiger partial charge in [0.25, 0.3) is 0 Å². The molecular weight excluding hydrogens is 143 g/mol. The molecule has 66 valence electrons. The maximum atomic E-state index is 12.6. The van der Waals surface area contributed by atoms with Crippen LogP contribution in [0, 0.1) is 5.41 Å². The monoisotopic (exact) mass is 160 g/mol. The van der Waals surface area contributed by atoms with Crippen molar-refractivity contribution in [3.05, 3.63) is 0 Å². The molecule has 0 atom stereocenters. The number of aliphatic hydroxyl groups is 1. The van der Waals surface area contributed by atoms with Gasteiger partial charge in [-0.1, -0.05) is 25.7 Å². The molecule has 0 unspecified atom stereocenters. The zero-order chi connectivity index (χ0) is 8.16. The van der Waals surface area contributed by atoms with Gasteiger partial charge >= 0.3 is 0 Å². The van der Waals surface area contributed by atoms with Gasteiger partial charge in [-0.15, -0.1) is 0 Å². The van der Waals surface area contributed by atoms with Crippen molar-refractivity contribution in [3.8, 4) is 0 Å². The fraction of sp³-hybridized carbons (Fsp3) is 1.00. The molecule has 0 aromatic carbocycles. The minimum absolute atomic E-state index is 0.0312. The minimum atomic E-state index is -0.365. The van der Waals surface area contributed by atoms with Gasteiger partial charge in [-0.05, 0) is 12.8 Å². The number of alkyl halides is 1. The van der Waals surface area contributed by atoms with E-state index in [1.807, 2.05) is 0 Å². The highest BCUT2D eigenvalue weighted by atomic mass is 19.1. The molecule has 11 heavy (non-hydrogen) atoms. The van der Waals surface area contributed by atoms with Crippen molar-refractivity contribution in [2.45, 2.75) is 38.5 Å². The van der Waals surface area contributed by atoms with Crippen LogP contribution >= 0.6 is 0 Å². The molecule has 1 nitrogen and oxygen atoms in total. The van der Waals surface area contributed by atoms with Crippen molar-refractivity contribution in [3.63, 3.8) is 0 Å². The Hall–Kier alpha value is -0.110. The van der Waals surface area contributed by atoms with Gasteiger partial charge in [0.2, 0.25) is 0 Å². The van der Waals surface area contributed by atoms with Crippen LogP contribution in [0.15, 0.2) is 0 Å². The third-order valence-corrected chi connectivity index (χ3v) is 2.78. The Bertz CT molecular complexity index is 100. The third-order valence-electron chi connectivity index (χ3n) is 2.78. The molecule has 1 fully saturated rings. The van der Waals surface area contributed by atoms with Crippen LogP contribution in [-0.4, -0.2) is 18.4 Å². The Labute approximate surface area is 67.6 Å². The van der Waals surface area contributed by atoms with Gasteiger partial charge in [-0.25, -0.2) is 0 Å². The molecule has 1 aliphatic carbocycles. The van der Waals surface area contributed by atoms with Gasteiger partial charge in [0.15, 0.2) is 0 Å². The summed E-state index contributed by atoms with van der Waals surface area (Å²) < 4.78 is 12.6. The molecule has 1 rings (SSSR count). The quantitative estimate of drug-likeness (QED) is 0.614. The number of hydrogen-bond acceptors (Lipinski definition) is 1. The van der Waals surface area contributed by atoms with E-state index in [0.717, 1.165) is 25.7 Å². The van der Waals surface area contributed by atoms with Crippen LogP contribution in [0.5, 0.6) is 0 Å². The van der Waals surface area contributed by atoms with Gasteiger partial charge in [0.05, 0.1) is 13.3 Å². The fourth-order valence-corrected chi connectivity index (χ4v) is 1.81. The van der Waals surface area contributed by atoms with Crippen molar-refractivity contribution < 1.29 is 9.50 Å². The summed E-state index contributed by atoms with van der Waals surface area (Å²) in [5.41, 5.74) is -0.365. The first kappa shape index (κ1) is 8.98. The smallest absolute Gasteiger partial charge is 0.0972 e. The largest absolute Gasteiger partial charge is 0.396 e. The minimum Gasteiger partial charge on any atom is -0.396 e. The second kappa shape index (κ2) is 4.05. The second-order valence-corrected chi connectivity index (χ2v) is 3.71. The maximum absolute atomic E-state index is 12.6. The first-order valence-electron chi connectivity index (χ1n) is 4.50. The molecule has 1 aliphatic rings. The average molecular weight is 160 g/mol. The van der Waals surface area contributed by atoms with E-state index in [2.05, 4.69) is 0 Å². The van der Waals surface area contributed by atoms with Gasteiger partial charge in [0, 0.05) is 5.41 Å². The predicted molar refractivity (Wildman–Crippen MR) is 43.2 cm³/mol. The molecular formula is C9H17FO. The lowest BCUT2D eigenvalue weighted by molar-refractivity contribution is 0.0780. The lowest BCUT2D eigenvalue weighted by Gasteiger charge is -2.26. The van der Waals surface area contributed by atoms with Crippen LogP contribution in [0.3, 0.4) is 0 Å². The molecule has 0 saturated heterocycles. The molecule has 0 heterocycles. The van der Waals surface area contributed by atoms with E-state index in [1.54, 1.807) is 0 Å². The lowest BCUT2D eigenvalue weighted by atomic mass is 9.83. The summed E-state index contributed by atoms with van der Waals surface area (Å²) >= 11 is 0. The molecule has 0 radical (unpaired) electrons. The van der Waals surface area contributed by atoms with Crippen molar-refractivity contribution in [1.82, 2.24) is 0 Å². The summed E-state index contributed by atoms with van der Waals surface area (Å²) in [4.78, 5) is 0. The lowest BCUT2D eigenvalue weighted by Crippen LogP contribution is -2.26. The van der Waals surface area contributed by atoms with E-state index in [9.17, 15) is 4.39 Å². The molecule has 2 heteroatoms. The fourth-order valence-electron chi connectivity index (χ4n) is 1.81. The highest BCUT2D eigenvalue weighted by Gasteiger charge is 2.29. The summed E-state index contributed by atoms with van der Waals surface area (Å²) in [6.07, 6.45) is 6.35. The molecule has 0 aliphatic heterocycles. The first-order chi connectivity index (χ1) is 5.33. The van der Waals surface area contributed by atoms with Crippen LogP contribution in [0.2, 0.25) is 0 Å². The Balaban J connectivity index is 2.49. The highest BCUT2D eigenvalue weighted by Crippen LogP contribution is 2.34. The second-order valence-electron chi connectivity index (χ2n) is 3.71. The summed E-state index contributed by atoms with van der Waals surface area (Å²) in [6.45, 7) is -0.312. The molecule has 1 N–H and O–H groups in total. The van der Waals surface area contributed by atoms with E-state index >= 15 is 0 Å². The first-order valence-corrected chi connectivity index (χ1v) is 4.50. The number of rotatable bonds is 2. The van der Waals surface area contributed by atoms with Crippen LogP contribution < -0.4 is 0 Å². The van der Waals surface area contributed by atoms with Crippen LogP contribution in [0.4, 0.5) is 4.39 Å². The molecule has 0 aromatic rings. The topological polar surface area (TPSA) is 20.2 Å². The van der Waals surface area contributed by atoms with Crippen molar-refractivity contribution >= 4 is 0 Å². The van der Waals surface area contributed by atoms with Crippen LogP contribution in [0.25, 0.3) is 0 Å². The molecule has 1 saturated carbocycles. The summed E-state index contributed by atoms with van der Waals surface area (Å²) in [5.74, 6) is 0. The Morgan fingerprint density at radius 1 is 1.09 bits per heavy atom. The number of hydrogen-bond donors (Lipinski definition) is 1. The van der Waals surface area contributed by atoms with E-state index in [1.165, 1.54) is 12.8 Å². The predicted octanol–water partition coefficient (Wildman–Crippen LogP) is 2.29. The van der Waals surface area contributed by atoms with Crippen LogP contribution in [-0.2, 0) is 0 Å². The summed E-state index contributed by atoms with van der Waals surface area (Å²) in [7, 11) is 0. The number of halogens is 1. The molecule has 0 aromatic heterocycles. The molecule has 0 amide bonds. The molecule has 0 spiro atoms. The van der Waals surface area contributed by atoms with Crippen molar-refractivity contribution in [2.24, 2.45) is 5.41 Å². The summed E-state index contributed by atoms with van der Waals surface area (Å²) in [5, 5.41) is 9.03. The third kappa shape index (κ3) is 2.16. The Morgan fingerprint density at radius 3 is 2.00 bits per heavy atom. The van der Waals surface area contributed by atoms with E-state index in [-0.39, 0.29) is 18.7 Å². The van der Waals surface area contributed by atoms with E-state index in [4.69, 9.17) is 5.11 Å². The van der Waals surface area contributed by atoms with Crippen molar-refractivity contribution in [2.75, 3.05) is 13.3 Å². The van der Waals surface area contributed by atoms with Gasteiger partial charge in [-0.3, -0.25) is 4.39 Å². The van der Waals surface area contributed by atoms with Gasteiger partial charge < -0.3 is 5.11 Å². The van der Waals surface area contributed by atoms with E-state index in [0.29, 0.717) is 0 Å². The zero-order valence-corrected chi connectivity index (χ0v) is 6.98. The maximum Gasteiger partial charge on any atom is 0.0972 e. The number of aliphatic hydroxyl groups excluding tert-OH is 1. The van der Waals surface area contributed by atoms with Gasteiger partial charge in [0.1, 0.15) is 0 Å². The summed E-state index contributed by atoms with van der Waals surface area (Å²) in [6, 6.07) is 0. The normalized spacial score (nSPS) is 24.5. The standard InChI is InChI=1S/C9H17FO/c10-7-9(8-11)5-3-1-2-4-6-9/h11H,1-8H2. The van der Waals surface area contributed by atoms with E-state index < -0.39 is 0 Å². The average Bonchev–Trinajstić information content (AvgIpc) is 2.30. The Morgan fingerprint density at radius 2 is 1.64 bits per heavy atom. The van der Waals surface area contributed by atoms with Gasteiger partial charge in [-0.2, -0.15) is 0 Å². The SMILES string of the molecule is OCC1(CF)CCCCCC1. The zero-order valence-electron chi connectivity index (χ0n) is 6.98. The highest BCUT2D eigenvalue weighted by molar-refractivity contribution is 4.80.